The van der Waals surface area contributed by atoms with Crippen molar-refractivity contribution >= 4 is 28.7 Å². The average molecular weight is 297 g/mol. The highest BCUT2D eigenvalue weighted by Gasteiger charge is 2.21. The summed E-state index contributed by atoms with van der Waals surface area (Å²) in [6, 6.07) is -0.0218. The number of hydrogen-bond acceptors (Lipinski definition) is 4. The van der Waals surface area contributed by atoms with Crippen LogP contribution in [-0.4, -0.2) is 30.6 Å². The Hall–Kier alpha value is -1.69. The fourth-order valence-electron chi connectivity index (χ4n) is 2.27. The number of carbonyl (C=O) groups is 1. The number of hydrogen-bond donors (Lipinski definition) is 1. The summed E-state index contributed by atoms with van der Waals surface area (Å²) in [4.78, 5) is 23.8. The van der Waals surface area contributed by atoms with Crippen molar-refractivity contribution in [2.24, 2.45) is 5.92 Å². The molecule has 0 amide bonds. The molecule has 2 heterocycles. The zero-order valence-corrected chi connectivity index (χ0v) is 12.4. The predicted octanol–water partition coefficient (Wildman–Crippen LogP) is 2.85. The van der Waals surface area contributed by atoms with Crippen LogP contribution in [0.4, 0.5) is 0 Å². The lowest BCUT2D eigenvalue weighted by atomic mass is 9.98. The topological polar surface area (TPSA) is 80.9 Å². The number of aliphatic carboxylic acids is 1. The van der Waals surface area contributed by atoms with E-state index < -0.39 is 5.97 Å². The molecule has 0 aromatic carbocycles. The van der Waals surface area contributed by atoms with E-state index in [9.17, 15) is 4.79 Å². The third kappa shape index (κ3) is 2.75. The predicted molar refractivity (Wildman–Crippen MR) is 75.8 cm³/mol. The van der Waals surface area contributed by atoms with E-state index >= 15 is 0 Å². The first-order valence-electron chi connectivity index (χ1n) is 6.53. The molecule has 1 N–H and O–H groups in total. The molecule has 0 saturated heterocycles. The minimum absolute atomic E-state index is 0.0218. The van der Waals surface area contributed by atoms with Gasteiger partial charge in [0.25, 0.3) is 0 Å². The number of aromatic nitrogens is 4. The molecule has 20 heavy (non-hydrogen) atoms. The van der Waals surface area contributed by atoms with Crippen LogP contribution in [0, 0.1) is 12.8 Å². The Morgan fingerprint density at radius 2 is 2.20 bits per heavy atom. The third-order valence-electron chi connectivity index (χ3n) is 3.43. The SMILES string of the molecule is CCC(CC(C)n1cnc2c(Cl)nc(C)nc21)C(=O)O. The smallest absolute Gasteiger partial charge is 0.306 e. The summed E-state index contributed by atoms with van der Waals surface area (Å²) in [7, 11) is 0. The van der Waals surface area contributed by atoms with Gasteiger partial charge in [-0.1, -0.05) is 18.5 Å². The summed E-state index contributed by atoms with van der Waals surface area (Å²) in [5, 5.41) is 9.47. The van der Waals surface area contributed by atoms with Gasteiger partial charge in [0.1, 0.15) is 11.3 Å². The number of carboxylic acid groups (broad SMARTS) is 1. The number of imidazole rings is 1. The number of aryl methyl sites for hydroxylation is 1. The van der Waals surface area contributed by atoms with Gasteiger partial charge in [0.15, 0.2) is 10.8 Å². The van der Waals surface area contributed by atoms with Crippen molar-refractivity contribution in [1.82, 2.24) is 19.5 Å². The quantitative estimate of drug-likeness (QED) is 0.858. The minimum atomic E-state index is -0.771. The number of fused-ring (bicyclic) bond motifs is 1. The molecule has 0 fully saturated rings. The van der Waals surface area contributed by atoms with Crippen molar-refractivity contribution in [2.45, 2.75) is 39.7 Å². The van der Waals surface area contributed by atoms with E-state index in [1.807, 2.05) is 18.4 Å². The summed E-state index contributed by atoms with van der Waals surface area (Å²) in [6.07, 6.45) is 2.77. The van der Waals surface area contributed by atoms with Crippen LogP contribution in [0.15, 0.2) is 6.33 Å². The molecule has 6 nitrogen and oxygen atoms in total. The number of carboxylic acids is 1. The van der Waals surface area contributed by atoms with Crippen LogP contribution in [0.25, 0.3) is 11.2 Å². The van der Waals surface area contributed by atoms with E-state index in [1.165, 1.54) is 0 Å². The monoisotopic (exact) mass is 296 g/mol. The molecule has 2 aromatic heterocycles. The lowest BCUT2D eigenvalue weighted by Crippen LogP contribution is -2.18. The lowest BCUT2D eigenvalue weighted by molar-refractivity contribution is -0.142. The van der Waals surface area contributed by atoms with Gasteiger partial charge in [-0.2, -0.15) is 0 Å². The molecule has 0 aliphatic heterocycles. The minimum Gasteiger partial charge on any atom is -0.481 e. The van der Waals surface area contributed by atoms with E-state index in [2.05, 4.69) is 15.0 Å². The zero-order valence-electron chi connectivity index (χ0n) is 11.7. The summed E-state index contributed by atoms with van der Waals surface area (Å²) >= 11 is 6.04. The van der Waals surface area contributed by atoms with E-state index in [0.717, 1.165) is 0 Å². The molecule has 2 rings (SSSR count). The lowest BCUT2D eigenvalue weighted by Gasteiger charge is -2.18. The van der Waals surface area contributed by atoms with Gasteiger partial charge >= 0.3 is 5.97 Å². The Bertz CT molecular complexity index is 641. The molecule has 2 atom stereocenters. The Labute approximate surface area is 121 Å². The molecular weight excluding hydrogens is 280 g/mol. The molecule has 0 aliphatic rings. The first kappa shape index (κ1) is 14.7. The first-order chi connectivity index (χ1) is 9.43. The van der Waals surface area contributed by atoms with Crippen molar-refractivity contribution < 1.29 is 9.90 Å². The molecule has 7 heteroatoms. The number of nitrogens with zero attached hydrogens (tertiary/aromatic N) is 4. The van der Waals surface area contributed by atoms with Crippen molar-refractivity contribution in [3.05, 3.63) is 17.3 Å². The normalized spacial score (nSPS) is 14.4. The Balaban J connectivity index is 2.35. The highest BCUT2D eigenvalue weighted by Crippen LogP contribution is 2.26. The van der Waals surface area contributed by atoms with E-state index in [-0.39, 0.29) is 12.0 Å². The van der Waals surface area contributed by atoms with Crippen LogP contribution in [0.2, 0.25) is 5.15 Å². The largest absolute Gasteiger partial charge is 0.481 e. The summed E-state index contributed by atoms with van der Waals surface area (Å²) < 4.78 is 1.86. The second-order valence-corrected chi connectivity index (χ2v) is 5.27. The van der Waals surface area contributed by atoms with Crippen LogP contribution < -0.4 is 0 Å². The average Bonchev–Trinajstić information content (AvgIpc) is 2.79. The standard InChI is InChI=1S/C13H17ClN4O2/c1-4-9(13(19)20)5-7(2)18-6-15-10-11(14)16-8(3)17-12(10)18/h6-7,9H,4-5H2,1-3H3,(H,19,20). The third-order valence-corrected chi connectivity index (χ3v) is 3.70. The zero-order chi connectivity index (χ0) is 14.9. The first-order valence-corrected chi connectivity index (χ1v) is 6.91. The Morgan fingerprint density at radius 1 is 1.50 bits per heavy atom. The van der Waals surface area contributed by atoms with Gasteiger partial charge in [-0.25, -0.2) is 15.0 Å². The van der Waals surface area contributed by atoms with Crippen LogP contribution in [0.3, 0.4) is 0 Å². The fraction of sp³-hybridized carbons (Fsp3) is 0.538. The molecule has 0 spiro atoms. The Morgan fingerprint density at radius 3 is 2.80 bits per heavy atom. The van der Waals surface area contributed by atoms with Crippen LogP contribution in [0.5, 0.6) is 0 Å². The second-order valence-electron chi connectivity index (χ2n) is 4.91. The maximum absolute atomic E-state index is 11.1. The van der Waals surface area contributed by atoms with E-state index in [0.29, 0.717) is 35.0 Å². The fourth-order valence-corrected chi connectivity index (χ4v) is 2.53. The van der Waals surface area contributed by atoms with Gasteiger partial charge in [0.05, 0.1) is 12.2 Å². The number of halogens is 1. The maximum Gasteiger partial charge on any atom is 0.306 e. The molecule has 0 radical (unpaired) electrons. The second kappa shape index (κ2) is 5.75. The molecule has 0 bridgehead atoms. The summed E-state index contributed by atoms with van der Waals surface area (Å²) in [5.74, 6) is -0.574. The van der Waals surface area contributed by atoms with Crippen molar-refractivity contribution in [2.75, 3.05) is 0 Å². The molecule has 2 unspecified atom stereocenters. The highest BCUT2D eigenvalue weighted by atomic mass is 35.5. The van der Waals surface area contributed by atoms with Gasteiger partial charge in [-0.3, -0.25) is 4.79 Å². The highest BCUT2D eigenvalue weighted by molar-refractivity contribution is 6.33. The van der Waals surface area contributed by atoms with Gasteiger partial charge in [-0.05, 0) is 26.7 Å². The summed E-state index contributed by atoms with van der Waals surface area (Å²) in [5.41, 5.74) is 1.20. The molecular formula is C13H17ClN4O2. The Kier molecular flexibility index (Phi) is 4.23. The molecule has 0 aliphatic carbocycles. The van der Waals surface area contributed by atoms with Gasteiger partial charge in [0, 0.05) is 6.04 Å². The van der Waals surface area contributed by atoms with E-state index in [4.69, 9.17) is 16.7 Å². The van der Waals surface area contributed by atoms with Crippen molar-refractivity contribution in [1.29, 1.82) is 0 Å². The number of rotatable bonds is 5. The van der Waals surface area contributed by atoms with Crippen LogP contribution in [0.1, 0.15) is 38.6 Å². The van der Waals surface area contributed by atoms with Crippen LogP contribution in [-0.2, 0) is 4.79 Å². The molecule has 108 valence electrons. The molecule has 0 saturated carbocycles. The summed E-state index contributed by atoms with van der Waals surface area (Å²) in [6.45, 7) is 5.60. The van der Waals surface area contributed by atoms with Crippen molar-refractivity contribution in [3.63, 3.8) is 0 Å². The van der Waals surface area contributed by atoms with E-state index in [1.54, 1.807) is 13.3 Å². The van der Waals surface area contributed by atoms with Gasteiger partial charge < -0.3 is 9.67 Å². The van der Waals surface area contributed by atoms with Gasteiger partial charge in [-0.15, -0.1) is 0 Å². The van der Waals surface area contributed by atoms with Crippen molar-refractivity contribution in [3.8, 4) is 0 Å². The maximum atomic E-state index is 11.1. The molecule has 2 aromatic rings. The van der Waals surface area contributed by atoms with Crippen LogP contribution >= 0.6 is 11.6 Å². The van der Waals surface area contributed by atoms with Gasteiger partial charge in [0.2, 0.25) is 0 Å².